The van der Waals surface area contributed by atoms with Gasteiger partial charge in [-0.3, -0.25) is 4.79 Å². The third-order valence-electron chi connectivity index (χ3n) is 5.27. The number of nitrogens with one attached hydrogen (secondary N) is 1. The summed E-state index contributed by atoms with van der Waals surface area (Å²) in [4.78, 5) is 12.4. The second-order valence-electron chi connectivity index (χ2n) is 6.90. The molecule has 122 valence electrons. The number of hydrogen-bond donors (Lipinski definition) is 2. The van der Waals surface area contributed by atoms with Gasteiger partial charge in [0.1, 0.15) is 0 Å². The Morgan fingerprint density at radius 2 is 1.91 bits per heavy atom. The lowest BCUT2D eigenvalue weighted by Gasteiger charge is -2.43. The highest BCUT2D eigenvalue weighted by Crippen LogP contribution is 2.35. The zero-order valence-corrected chi connectivity index (χ0v) is 13.9. The zero-order chi connectivity index (χ0) is 14.7. The molecule has 22 heavy (non-hydrogen) atoms. The number of halogens is 1. The summed E-state index contributed by atoms with van der Waals surface area (Å²) in [6, 6.07) is 10.7. The van der Waals surface area contributed by atoms with Crippen molar-refractivity contribution in [3.8, 4) is 0 Å². The fourth-order valence-electron chi connectivity index (χ4n) is 3.84. The van der Waals surface area contributed by atoms with E-state index in [0.29, 0.717) is 12.3 Å². The third kappa shape index (κ3) is 4.02. The van der Waals surface area contributed by atoms with E-state index in [1.54, 1.807) is 0 Å². The molecule has 3 rings (SSSR count). The molecule has 2 saturated carbocycles. The van der Waals surface area contributed by atoms with Crippen LogP contribution in [0.2, 0.25) is 0 Å². The first-order valence-corrected chi connectivity index (χ1v) is 8.27. The van der Waals surface area contributed by atoms with Crippen LogP contribution < -0.4 is 11.1 Å². The van der Waals surface area contributed by atoms with E-state index in [9.17, 15) is 4.79 Å². The quantitative estimate of drug-likeness (QED) is 0.874. The van der Waals surface area contributed by atoms with Gasteiger partial charge in [0.15, 0.2) is 0 Å². The lowest BCUT2D eigenvalue weighted by molar-refractivity contribution is -0.125. The van der Waals surface area contributed by atoms with Crippen LogP contribution in [0.1, 0.15) is 50.5 Å². The van der Waals surface area contributed by atoms with E-state index in [0.717, 1.165) is 32.1 Å². The molecular weight excluding hydrogens is 296 g/mol. The van der Waals surface area contributed by atoms with Crippen molar-refractivity contribution < 1.29 is 4.79 Å². The lowest BCUT2D eigenvalue weighted by Crippen LogP contribution is -2.55. The van der Waals surface area contributed by atoms with Gasteiger partial charge in [0.05, 0.1) is 0 Å². The Morgan fingerprint density at radius 1 is 1.18 bits per heavy atom. The first kappa shape index (κ1) is 17.3. The van der Waals surface area contributed by atoms with E-state index < -0.39 is 0 Å². The van der Waals surface area contributed by atoms with Gasteiger partial charge < -0.3 is 11.1 Å². The van der Waals surface area contributed by atoms with Gasteiger partial charge in [0, 0.05) is 18.0 Å². The molecule has 1 aromatic carbocycles. The number of nitrogens with two attached hydrogens (primary N) is 1. The first-order chi connectivity index (χ1) is 10.2. The average Bonchev–Trinajstić information content (AvgIpc) is 2.83. The highest BCUT2D eigenvalue weighted by molar-refractivity contribution is 5.85. The highest BCUT2D eigenvalue weighted by atomic mass is 35.5. The van der Waals surface area contributed by atoms with Gasteiger partial charge in [0.25, 0.3) is 0 Å². The molecule has 3 nitrogen and oxygen atoms in total. The maximum atomic E-state index is 12.4. The summed E-state index contributed by atoms with van der Waals surface area (Å²) in [5.41, 5.74) is 7.40. The maximum absolute atomic E-state index is 12.4. The summed E-state index contributed by atoms with van der Waals surface area (Å²) in [6.45, 7) is 0. The largest absolute Gasteiger partial charge is 0.350 e. The van der Waals surface area contributed by atoms with Crippen molar-refractivity contribution in [3.63, 3.8) is 0 Å². The molecule has 0 heterocycles. The second-order valence-corrected chi connectivity index (χ2v) is 6.90. The summed E-state index contributed by atoms with van der Waals surface area (Å²) in [6.07, 6.45) is 8.35. The fraction of sp³-hybridized carbons (Fsp3) is 0.611. The summed E-state index contributed by atoms with van der Waals surface area (Å²) >= 11 is 0. The standard InChI is InChI=1S/C18H26N2O.ClH/c19-16-9-4-8-15(16)12-17(21)20-18(10-5-11-18)13-14-6-2-1-3-7-14;/h1-3,6-7,15-16H,4-5,8-13,19H2,(H,20,21);1H/t15-,16+;/m0./s1. The molecule has 0 aromatic heterocycles. The van der Waals surface area contributed by atoms with Gasteiger partial charge in [-0.25, -0.2) is 0 Å². The predicted octanol–water partition coefficient (Wildman–Crippen LogP) is 3.21. The Morgan fingerprint density at radius 3 is 2.45 bits per heavy atom. The van der Waals surface area contributed by atoms with Crippen LogP contribution in [-0.2, 0) is 11.2 Å². The zero-order valence-electron chi connectivity index (χ0n) is 13.1. The summed E-state index contributed by atoms with van der Waals surface area (Å²) in [7, 11) is 0. The van der Waals surface area contributed by atoms with Gasteiger partial charge in [-0.05, 0) is 50.0 Å². The van der Waals surface area contributed by atoms with Crippen LogP contribution in [0.25, 0.3) is 0 Å². The van der Waals surface area contributed by atoms with Crippen LogP contribution in [-0.4, -0.2) is 17.5 Å². The molecule has 0 radical (unpaired) electrons. The number of amides is 1. The second kappa shape index (κ2) is 7.47. The van der Waals surface area contributed by atoms with Gasteiger partial charge in [-0.15, -0.1) is 12.4 Å². The summed E-state index contributed by atoms with van der Waals surface area (Å²) in [5, 5.41) is 3.33. The van der Waals surface area contributed by atoms with Crippen LogP contribution in [0.5, 0.6) is 0 Å². The van der Waals surface area contributed by atoms with Crippen LogP contribution in [0, 0.1) is 5.92 Å². The Hall–Kier alpha value is -1.06. The van der Waals surface area contributed by atoms with Crippen LogP contribution in [0.3, 0.4) is 0 Å². The normalized spacial score (nSPS) is 25.9. The van der Waals surface area contributed by atoms with Gasteiger partial charge in [0.2, 0.25) is 5.91 Å². The minimum Gasteiger partial charge on any atom is -0.350 e. The van der Waals surface area contributed by atoms with E-state index in [-0.39, 0.29) is 29.9 Å². The minimum atomic E-state index is 0. The lowest BCUT2D eigenvalue weighted by atomic mass is 9.72. The maximum Gasteiger partial charge on any atom is 0.220 e. The monoisotopic (exact) mass is 322 g/mol. The Kier molecular flexibility index (Phi) is 5.87. The Balaban J connectivity index is 0.00000176. The fourth-order valence-corrected chi connectivity index (χ4v) is 3.84. The molecule has 0 unspecified atom stereocenters. The Labute approximate surface area is 139 Å². The van der Waals surface area contributed by atoms with Crippen molar-refractivity contribution in [3.05, 3.63) is 35.9 Å². The van der Waals surface area contributed by atoms with Gasteiger partial charge >= 0.3 is 0 Å². The molecule has 2 aliphatic rings. The van der Waals surface area contributed by atoms with E-state index in [4.69, 9.17) is 5.73 Å². The molecule has 1 amide bonds. The summed E-state index contributed by atoms with van der Waals surface area (Å²) < 4.78 is 0. The molecule has 4 heteroatoms. The van der Waals surface area contributed by atoms with Crippen LogP contribution in [0.15, 0.2) is 30.3 Å². The van der Waals surface area contributed by atoms with Gasteiger partial charge in [-0.1, -0.05) is 36.8 Å². The van der Waals surface area contributed by atoms with E-state index in [1.807, 2.05) is 6.07 Å². The molecule has 1 aromatic rings. The van der Waals surface area contributed by atoms with E-state index >= 15 is 0 Å². The van der Waals surface area contributed by atoms with Crippen molar-refractivity contribution in [1.82, 2.24) is 5.32 Å². The van der Waals surface area contributed by atoms with Crippen molar-refractivity contribution in [2.75, 3.05) is 0 Å². The number of carbonyl (C=O) groups excluding carboxylic acids is 1. The minimum absolute atomic E-state index is 0. The van der Waals surface area contributed by atoms with Crippen LogP contribution >= 0.6 is 12.4 Å². The van der Waals surface area contributed by atoms with Crippen molar-refractivity contribution in [2.45, 2.75) is 62.9 Å². The molecule has 0 aliphatic heterocycles. The number of hydrogen-bond acceptors (Lipinski definition) is 2. The van der Waals surface area contributed by atoms with Crippen molar-refractivity contribution in [1.29, 1.82) is 0 Å². The third-order valence-corrected chi connectivity index (χ3v) is 5.27. The highest BCUT2D eigenvalue weighted by Gasteiger charge is 2.39. The average molecular weight is 323 g/mol. The predicted molar refractivity (Wildman–Crippen MR) is 92.1 cm³/mol. The Bertz CT molecular complexity index is 487. The van der Waals surface area contributed by atoms with E-state index in [1.165, 1.54) is 18.4 Å². The molecule has 0 saturated heterocycles. The van der Waals surface area contributed by atoms with Crippen LogP contribution in [0.4, 0.5) is 0 Å². The van der Waals surface area contributed by atoms with Crippen molar-refractivity contribution in [2.24, 2.45) is 11.7 Å². The SMILES string of the molecule is Cl.N[C@@H]1CCC[C@H]1CC(=O)NC1(Cc2ccccc2)CCC1. The summed E-state index contributed by atoms with van der Waals surface area (Å²) in [5.74, 6) is 0.590. The molecule has 2 atom stereocenters. The molecule has 0 bridgehead atoms. The van der Waals surface area contributed by atoms with Crippen molar-refractivity contribution >= 4 is 18.3 Å². The number of rotatable bonds is 5. The smallest absolute Gasteiger partial charge is 0.220 e. The molecule has 3 N–H and O–H groups in total. The number of carbonyl (C=O) groups is 1. The van der Waals surface area contributed by atoms with Gasteiger partial charge in [-0.2, -0.15) is 0 Å². The molecule has 0 spiro atoms. The molecule has 2 fully saturated rings. The number of benzene rings is 1. The molecular formula is C18H27ClN2O. The van der Waals surface area contributed by atoms with E-state index in [2.05, 4.69) is 29.6 Å². The molecule has 2 aliphatic carbocycles. The topological polar surface area (TPSA) is 55.1 Å². The first-order valence-electron chi connectivity index (χ1n) is 8.27.